The number of likely N-dealkylation sites (N-methyl/N-ethyl adjacent to an activating group) is 1. The Morgan fingerprint density at radius 1 is 1.25 bits per heavy atom. The molecule has 1 unspecified atom stereocenters. The van der Waals surface area contributed by atoms with Gasteiger partial charge < -0.3 is 9.64 Å². The van der Waals surface area contributed by atoms with E-state index in [0.717, 1.165) is 19.6 Å². The quantitative estimate of drug-likeness (QED) is 0.609. The van der Waals surface area contributed by atoms with Crippen molar-refractivity contribution in [3.8, 4) is 0 Å². The number of ether oxygens (including phenoxy) is 1. The van der Waals surface area contributed by atoms with E-state index in [1.54, 1.807) is 0 Å². The minimum atomic E-state index is 0.389. The number of rotatable bonds is 6. The molecule has 0 bridgehead atoms. The van der Waals surface area contributed by atoms with Crippen molar-refractivity contribution in [2.24, 2.45) is 5.92 Å². The molecule has 0 N–H and O–H groups in total. The van der Waals surface area contributed by atoms with Crippen molar-refractivity contribution in [3.63, 3.8) is 0 Å². The summed E-state index contributed by atoms with van der Waals surface area (Å²) in [5.41, 5.74) is 0. The van der Waals surface area contributed by atoms with E-state index in [1.807, 2.05) is 0 Å². The van der Waals surface area contributed by atoms with E-state index >= 15 is 0 Å². The summed E-state index contributed by atoms with van der Waals surface area (Å²) in [6, 6.07) is 0. The summed E-state index contributed by atoms with van der Waals surface area (Å²) in [6.45, 7) is 8.48. The normalized spacial score (nSPS) is 14.2. The molecular weight excluding hydrogens is 150 g/mol. The van der Waals surface area contributed by atoms with Crippen LogP contribution in [-0.2, 0) is 4.74 Å². The topological polar surface area (TPSA) is 12.5 Å². The lowest BCUT2D eigenvalue weighted by Crippen LogP contribution is -2.32. The molecule has 0 aliphatic rings. The lowest BCUT2D eigenvalue weighted by molar-refractivity contribution is 0.00711. The van der Waals surface area contributed by atoms with Crippen LogP contribution in [0.4, 0.5) is 0 Å². The van der Waals surface area contributed by atoms with Crippen molar-refractivity contribution in [2.75, 3.05) is 27.2 Å². The second-order valence-electron chi connectivity index (χ2n) is 3.92. The Morgan fingerprint density at radius 3 is 2.17 bits per heavy atom. The SMILES string of the molecule is CCCOC(CN(C)C)C(C)C. The van der Waals surface area contributed by atoms with Crippen molar-refractivity contribution in [2.45, 2.75) is 33.3 Å². The van der Waals surface area contributed by atoms with E-state index in [4.69, 9.17) is 4.74 Å². The van der Waals surface area contributed by atoms with Gasteiger partial charge in [-0.25, -0.2) is 0 Å². The average molecular weight is 173 g/mol. The zero-order valence-electron chi connectivity index (χ0n) is 9.13. The summed E-state index contributed by atoms with van der Waals surface area (Å²) < 4.78 is 5.72. The van der Waals surface area contributed by atoms with Crippen LogP contribution in [0, 0.1) is 5.92 Å². The standard InChI is InChI=1S/C10H23NO/c1-6-7-12-10(9(2)3)8-11(4)5/h9-10H,6-8H2,1-5H3. The maximum atomic E-state index is 5.72. The van der Waals surface area contributed by atoms with Crippen LogP contribution in [0.15, 0.2) is 0 Å². The van der Waals surface area contributed by atoms with Crippen LogP contribution >= 0.6 is 0 Å². The number of nitrogens with zero attached hydrogens (tertiary/aromatic N) is 1. The summed E-state index contributed by atoms with van der Waals surface area (Å²) in [6.07, 6.45) is 1.50. The van der Waals surface area contributed by atoms with Crippen LogP contribution in [0.5, 0.6) is 0 Å². The molecule has 0 amide bonds. The van der Waals surface area contributed by atoms with Gasteiger partial charge in [0.15, 0.2) is 0 Å². The molecule has 0 aromatic heterocycles. The van der Waals surface area contributed by atoms with Gasteiger partial charge in [-0.2, -0.15) is 0 Å². The van der Waals surface area contributed by atoms with E-state index in [9.17, 15) is 0 Å². The summed E-state index contributed by atoms with van der Waals surface area (Å²) in [5.74, 6) is 0.610. The highest BCUT2D eigenvalue weighted by atomic mass is 16.5. The van der Waals surface area contributed by atoms with Crippen LogP contribution in [0.2, 0.25) is 0 Å². The highest BCUT2D eigenvalue weighted by molar-refractivity contribution is 4.65. The van der Waals surface area contributed by atoms with E-state index in [2.05, 4.69) is 39.8 Å². The summed E-state index contributed by atoms with van der Waals surface area (Å²) in [7, 11) is 4.18. The fourth-order valence-electron chi connectivity index (χ4n) is 1.09. The van der Waals surface area contributed by atoms with Crippen LogP contribution < -0.4 is 0 Å². The predicted molar refractivity (Wildman–Crippen MR) is 53.4 cm³/mol. The van der Waals surface area contributed by atoms with Crippen molar-refractivity contribution < 1.29 is 4.74 Å². The molecule has 0 aromatic rings. The van der Waals surface area contributed by atoms with Gasteiger partial charge in [0.25, 0.3) is 0 Å². The molecule has 0 rings (SSSR count). The molecule has 74 valence electrons. The van der Waals surface area contributed by atoms with Crippen molar-refractivity contribution in [1.82, 2.24) is 4.90 Å². The minimum Gasteiger partial charge on any atom is -0.377 e. The lowest BCUT2D eigenvalue weighted by atomic mass is 10.1. The van der Waals surface area contributed by atoms with Gasteiger partial charge in [-0.05, 0) is 26.4 Å². The third-order valence-electron chi connectivity index (χ3n) is 1.82. The number of hydrogen-bond acceptors (Lipinski definition) is 2. The maximum absolute atomic E-state index is 5.72. The second kappa shape index (κ2) is 6.44. The highest BCUT2D eigenvalue weighted by Crippen LogP contribution is 2.07. The fourth-order valence-corrected chi connectivity index (χ4v) is 1.09. The van der Waals surface area contributed by atoms with Gasteiger partial charge in [-0.1, -0.05) is 20.8 Å². The van der Waals surface area contributed by atoms with Crippen molar-refractivity contribution in [3.05, 3.63) is 0 Å². The maximum Gasteiger partial charge on any atom is 0.0724 e. The molecule has 1 atom stereocenters. The molecule has 0 aromatic carbocycles. The first-order valence-corrected chi connectivity index (χ1v) is 4.84. The molecule has 0 aliphatic carbocycles. The lowest BCUT2D eigenvalue weighted by Gasteiger charge is -2.24. The Balaban J connectivity index is 3.70. The van der Waals surface area contributed by atoms with Gasteiger partial charge >= 0.3 is 0 Å². The van der Waals surface area contributed by atoms with Crippen molar-refractivity contribution in [1.29, 1.82) is 0 Å². The van der Waals surface area contributed by atoms with Crippen LogP contribution in [0.3, 0.4) is 0 Å². The average Bonchev–Trinajstić information content (AvgIpc) is 1.96. The van der Waals surface area contributed by atoms with Gasteiger partial charge in [0.1, 0.15) is 0 Å². The van der Waals surface area contributed by atoms with Gasteiger partial charge in [0, 0.05) is 13.2 Å². The van der Waals surface area contributed by atoms with E-state index < -0.39 is 0 Å². The second-order valence-corrected chi connectivity index (χ2v) is 3.92. The molecule has 0 fully saturated rings. The molecular formula is C10H23NO. The molecule has 0 saturated heterocycles. The Kier molecular flexibility index (Phi) is 6.39. The monoisotopic (exact) mass is 173 g/mol. The van der Waals surface area contributed by atoms with Gasteiger partial charge in [-0.15, -0.1) is 0 Å². The van der Waals surface area contributed by atoms with Gasteiger partial charge in [0.2, 0.25) is 0 Å². The zero-order chi connectivity index (χ0) is 9.56. The Bertz CT molecular complexity index is 102. The van der Waals surface area contributed by atoms with Gasteiger partial charge in [0.05, 0.1) is 6.10 Å². The van der Waals surface area contributed by atoms with E-state index in [1.165, 1.54) is 0 Å². The Labute approximate surface area is 76.9 Å². The summed E-state index contributed by atoms with van der Waals surface area (Å²) >= 11 is 0. The first-order chi connectivity index (χ1) is 5.57. The van der Waals surface area contributed by atoms with Crippen LogP contribution in [0.25, 0.3) is 0 Å². The minimum absolute atomic E-state index is 0.389. The Morgan fingerprint density at radius 2 is 1.83 bits per heavy atom. The molecule has 12 heavy (non-hydrogen) atoms. The molecule has 0 spiro atoms. The summed E-state index contributed by atoms with van der Waals surface area (Å²) in [4.78, 5) is 2.18. The molecule has 2 nitrogen and oxygen atoms in total. The van der Waals surface area contributed by atoms with Gasteiger partial charge in [-0.3, -0.25) is 0 Å². The van der Waals surface area contributed by atoms with E-state index in [-0.39, 0.29) is 0 Å². The first-order valence-electron chi connectivity index (χ1n) is 4.84. The number of hydrogen-bond donors (Lipinski definition) is 0. The smallest absolute Gasteiger partial charge is 0.0724 e. The Hall–Kier alpha value is -0.0800. The molecule has 0 saturated carbocycles. The van der Waals surface area contributed by atoms with E-state index in [0.29, 0.717) is 12.0 Å². The fraction of sp³-hybridized carbons (Fsp3) is 1.00. The third kappa shape index (κ3) is 5.56. The van der Waals surface area contributed by atoms with Crippen LogP contribution in [-0.4, -0.2) is 38.3 Å². The summed E-state index contributed by atoms with van der Waals surface area (Å²) in [5, 5.41) is 0. The highest BCUT2D eigenvalue weighted by Gasteiger charge is 2.13. The first kappa shape index (κ1) is 11.9. The molecule has 0 radical (unpaired) electrons. The third-order valence-corrected chi connectivity index (χ3v) is 1.82. The molecule has 2 heteroatoms. The molecule has 0 aliphatic heterocycles. The predicted octanol–water partition coefficient (Wildman–Crippen LogP) is 2.00. The molecule has 0 heterocycles. The van der Waals surface area contributed by atoms with Crippen LogP contribution in [0.1, 0.15) is 27.2 Å². The largest absolute Gasteiger partial charge is 0.377 e. The van der Waals surface area contributed by atoms with Crippen molar-refractivity contribution >= 4 is 0 Å². The zero-order valence-corrected chi connectivity index (χ0v) is 9.13.